The number of nitrogens with one attached hydrogen (secondary N) is 2. The van der Waals surface area contributed by atoms with Gasteiger partial charge in [-0.25, -0.2) is 14.1 Å². The number of hydrogen-bond donors (Lipinski definition) is 2. The van der Waals surface area contributed by atoms with Gasteiger partial charge in [-0.1, -0.05) is 18.2 Å². The van der Waals surface area contributed by atoms with Gasteiger partial charge < -0.3 is 28.8 Å². The molecule has 0 aliphatic rings. The topological polar surface area (TPSA) is 195 Å². The van der Waals surface area contributed by atoms with Crippen molar-refractivity contribution in [1.29, 1.82) is 0 Å². The normalized spacial score (nSPS) is 15.9. The van der Waals surface area contributed by atoms with E-state index in [0.29, 0.717) is 5.52 Å². The first-order valence-electron chi connectivity index (χ1n) is 13.6. The molecule has 3 aromatic rings. The molecule has 2 heterocycles. The van der Waals surface area contributed by atoms with Gasteiger partial charge in [0.15, 0.2) is 18.0 Å². The minimum Gasteiger partial charge on any atom is -0.468 e. The predicted molar refractivity (Wildman–Crippen MR) is 158 cm³/mol. The summed E-state index contributed by atoms with van der Waals surface area (Å²) in [7, 11) is -1.92. The molecule has 3 rings (SSSR count). The average Bonchev–Trinajstić information content (AvgIpc) is 3.42. The Morgan fingerprint density at radius 2 is 1.67 bits per heavy atom. The SMILES string of the molecule is COC(=O)[C@H](C)NP(=O)(OC[C@@](C)(OC)[C@@H](OC(C)=O)[C@@H](OC(C)=O)c1ccc2c(NC(C)=O)ncnn12)Oc1ccccc1. The fourth-order valence-corrected chi connectivity index (χ4v) is 5.81. The van der Waals surface area contributed by atoms with E-state index in [-0.39, 0.29) is 23.2 Å². The minimum absolute atomic E-state index is 0.160. The summed E-state index contributed by atoms with van der Waals surface area (Å²) in [5, 5.41) is 9.36. The van der Waals surface area contributed by atoms with Crippen LogP contribution >= 0.6 is 7.75 Å². The van der Waals surface area contributed by atoms with Crippen LogP contribution in [0.15, 0.2) is 48.8 Å². The van der Waals surface area contributed by atoms with Gasteiger partial charge in [0.05, 0.1) is 19.4 Å². The Bertz CT molecular complexity index is 1570. The summed E-state index contributed by atoms with van der Waals surface area (Å²) in [6.45, 7) is 5.91. The molecule has 2 N–H and O–H groups in total. The second-order valence-electron chi connectivity index (χ2n) is 9.97. The predicted octanol–water partition coefficient (Wildman–Crippen LogP) is 2.98. The van der Waals surface area contributed by atoms with Gasteiger partial charge in [-0.05, 0) is 38.1 Å². The Balaban J connectivity index is 2.07. The van der Waals surface area contributed by atoms with E-state index >= 15 is 0 Å². The lowest BCUT2D eigenvalue weighted by Gasteiger charge is -2.39. The number of hydrogen-bond acceptors (Lipinski definition) is 13. The second kappa shape index (κ2) is 15.1. The maximum Gasteiger partial charge on any atom is 0.459 e. The third kappa shape index (κ3) is 9.08. The highest BCUT2D eigenvalue weighted by atomic mass is 31.2. The minimum atomic E-state index is -4.37. The third-order valence-electron chi connectivity index (χ3n) is 6.39. The van der Waals surface area contributed by atoms with Crippen LogP contribution in [0.5, 0.6) is 5.75 Å². The first-order valence-corrected chi connectivity index (χ1v) is 15.1. The molecular formula is C28H36N5O11P. The van der Waals surface area contributed by atoms with Gasteiger partial charge in [-0.2, -0.15) is 10.2 Å². The zero-order chi connectivity index (χ0) is 33.4. The third-order valence-corrected chi connectivity index (χ3v) is 8.02. The number of ether oxygens (including phenoxy) is 4. The smallest absolute Gasteiger partial charge is 0.459 e. The molecule has 0 saturated heterocycles. The zero-order valence-electron chi connectivity index (χ0n) is 25.8. The Morgan fingerprint density at radius 3 is 2.24 bits per heavy atom. The quantitative estimate of drug-likeness (QED) is 0.139. The Labute approximate surface area is 259 Å². The van der Waals surface area contributed by atoms with Crippen molar-refractivity contribution in [2.75, 3.05) is 26.1 Å². The number of benzene rings is 1. The molecule has 17 heteroatoms. The van der Waals surface area contributed by atoms with E-state index in [1.165, 1.54) is 58.0 Å². The van der Waals surface area contributed by atoms with E-state index < -0.39 is 56.1 Å². The fraction of sp³-hybridized carbons (Fsp3) is 0.429. The van der Waals surface area contributed by atoms with Crippen molar-refractivity contribution in [3.63, 3.8) is 0 Å². The van der Waals surface area contributed by atoms with Gasteiger partial charge in [-0.3, -0.25) is 23.7 Å². The molecule has 1 aromatic carbocycles. The number of carbonyl (C=O) groups is 4. The maximum absolute atomic E-state index is 14.0. The van der Waals surface area contributed by atoms with Crippen LogP contribution in [0, 0.1) is 0 Å². The highest BCUT2D eigenvalue weighted by Gasteiger charge is 2.48. The Morgan fingerprint density at radius 1 is 1.00 bits per heavy atom. The number of carbonyl (C=O) groups excluding carboxylic acids is 4. The number of aromatic nitrogens is 3. The molecule has 0 saturated carbocycles. The van der Waals surface area contributed by atoms with Gasteiger partial charge in [0.1, 0.15) is 29.2 Å². The highest BCUT2D eigenvalue weighted by molar-refractivity contribution is 7.52. The van der Waals surface area contributed by atoms with E-state index in [1.807, 2.05) is 0 Å². The Hall–Kier alpha value is -4.37. The molecule has 2 aromatic heterocycles. The van der Waals surface area contributed by atoms with Crippen LogP contribution in [-0.2, 0) is 47.2 Å². The molecule has 0 aliphatic carbocycles. The van der Waals surface area contributed by atoms with Gasteiger partial charge in [0, 0.05) is 27.9 Å². The largest absolute Gasteiger partial charge is 0.468 e. The van der Waals surface area contributed by atoms with Gasteiger partial charge >= 0.3 is 25.7 Å². The molecule has 1 unspecified atom stereocenters. The van der Waals surface area contributed by atoms with Crippen molar-refractivity contribution in [3.05, 3.63) is 54.5 Å². The van der Waals surface area contributed by atoms with Crippen LogP contribution in [-0.4, -0.2) is 77.0 Å². The summed E-state index contributed by atoms with van der Waals surface area (Å²) < 4.78 is 48.7. The summed E-state index contributed by atoms with van der Waals surface area (Å²) in [5.41, 5.74) is -1.13. The molecule has 45 heavy (non-hydrogen) atoms. The highest BCUT2D eigenvalue weighted by Crippen LogP contribution is 2.47. The number of esters is 3. The zero-order valence-corrected chi connectivity index (χ0v) is 26.7. The van der Waals surface area contributed by atoms with Crippen molar-refractivity contribution in [3.8, 4) is 5.75 Å². The summed E-state index contributed by atoms with van der Waals surface area (Å²) >= 11 is 0. The first-order chi connectivity index (χ1) is 21.2. The van der Waals surface area contributed by atoms with Gasteiger partial charge in [0.25, 0.3) is 0 Å². The van der Waals surface area contributed by atoms with E-state index in [1.54, 1.807) is 30.3 Å². The number of methoxy groups -OCH3 is 2. The molecule has 5 atom stereocenters. The Kier molecular flexibility index (Phi) is 11.8. The summed E-state index contributed by atoms with van der Waals surface area (Å²) in [6.07, 6.45) is -1.64. The lowest BCUT2D eigenvalue weighted by Crippen LogP contribution is -2.52. The number of anilines is 1. The van der Waals surface area contributed by atoms with Gasteiger partial charge in [-0.15, -0.1) is 0 Å². The van der Waals surface area contributed by atoms with Gasteiger partial charge in [0.2, 0.25) is 5.91 Å². The van der Waals surface area contributed by atoms with Crippen LogP contribution in [0.2, 0.25) is 0 Å². The maximum atomic E-state index is 14.0. The van der Waals surface area contributed by atoms with Crippen molar-refractivity contribution < 1.29 is 51.7 Å². The van der Waals surface area contributed by atoms with Crippen LogP contribution in [0.3, 0.4) is 0 Å². The van der Waals surface area contributed by atoms with E-state index in [0.717, 1.165) is 13.8 Å². The number of rotatable bonds is 15. The van der Waals surface area contributed by atoms with E-state index in [4.69, 9.17) is 28.0 Å². The van der Waals surface area contributed by atoms with Crippen molar-refractivity contribution in [1.82, 2.24) is 19.7 Å². The number of amides is 1. The van der Waals surface area contributed by atoms with Crippen molar-refractivity contribution in [2.45, 2.75) is 58.5 Å². The monoisotopic (exact) mass is 649 g/mol. The van der Waals surface area contributed by atoms with Crippen LogP contribution in [0.4, 0.5) is 5.82 Å². The molecule has 0 bridgehead atoms. The first kappa shape index (κ1) is 35.1. The van der Waals surface area contributed by atoms with Crippen molar-refractivity contribution >= 4 is 42.9 Å². The molecule has 0 aliphatic heterocycles. The van der Waals surface area contributed by atoms with Crippen molar-refractivity contribution in [2.24, 2.45) is 0 Å². The lowest BCUT2D eigenvalue weighted by atomic mass is 9.93. The fourth-order valence-electron chi connectivity index (χ4n) is 4.22. The molecule has 244 valence electrons. The number of para-hydroxylation sites is 1. The van der Waals surface area contributed by atoms with Crippen LogP contribution in [0.25, 0.3) is 5.52 Å². The summed E-state index contributed by atoms with van der Waals surface area (Å²) in [5.74, 6) is -2.29. The standard InChI is InChI=1S/C28H36N5O11P/c1-17(27(37)39-6)32-45(38,44-21-11-9-8-10-12-21)41-15-28(5,40-7)25(43-20(4)36)24(42-19(3)35)22-13-14-23-26(31-18(2)34)29-16-30-33(22)23/h8-14,16-17,24-25H,15H2,1-7H3,(H,32,38)(H,29,30,31,34)/t17-,24-,25-,28+,45?/m0/s1. The summed E-state index contributed by atoms with van der Waals surface area (Å²) in [6, 6.07) is 10.1. The van der Waals surface area contributed by atoms with Crippen LogP contribution < -0.4 is 14.9 Å². The lowest BCUT2D eigenvalue weighted by molar-refractivity contribution is -0.199. The second-order valence-corrected chi connectivity index (χ2v) is 11.7. The molecule has 16 nitrogen and oxygen atoms in total. The summed E-state index contributed by atoms with van der Waals surface area (Å²) in [4.78, 5) is 52.8. The molecule has 0 radical (unpaired) electrons. The number of fused-ring (bicyclic) bond motifs is 1. The average molecular weight is 650 g/mol. The molecule has 0 spiro atoms. The molecular weight excluding hydrogens is 613 g/mol. The van der Waals surface area contributed by atoms with E-state index in [2.05, 4.69) is 20.5 Å². The molecule has 1 amide bonds. The molecule has 0 fully saturated rings. The van der Waals surface area contributed by atoms with E-state index in [9.17, 15) is 23.7 Å². The number of nitrogens with zero attached hydrogens (tertiary/aromatic N) is 3. The van der Waals surface area contributed by atoms with Crippen LogP contribution in [0.1, 0.15) is 46.4 Å².